The molecule has 0 bridgehead atoms. The fourth-order valence-corrected chi connectivity index (χ4v) is 3.24. The van der Waals surface area contributed by atoms with E-state index in [-0.39, 0.29) is 23.1 Å². The highest BCUT2D eigenvalue weighted by molar-refractivity contribution is 5.70. The SMILES string of the molecule is CC1(C)CCC(C(=O)O)C(Cc2cccc(F)c2)C1. The number of carboxylic acid groups (broad SMARTS) is 1. The van der Waals surface area contributed by atoms with Gasteiger partial charge in [-0.25, -0.2) is 4.39 Å². The number of carboxylic acids is 1. The molecule has 104 valence electrons. The summed E-state index contributed by atoms with van der Waals surface area (Å²) in [7, 11) is 0. The van der Waals surface area contributed by atoms with Gasteiger partial charge in [0.2, 0.25) is 0 Å². The largest absolute Gasteiger partial charge is 0.481 e. The Balaban J connectivity index is 2.16. The highest BCUT2D eigenvalue weighted by Crippen LogP contribution is 2.43. The molecule has 0 aliphatic heterocycles. The van der Waals surface area contributed by atoms with Crippen molar-refractivity contribution >= 4 is 5.97 Å². The summed E-state index contributed by atoms with van der Waals surface area (Å²) < 4.78 is 13.2. The topological polar surface area (TPSA) is 37.3 Å². The van der Waals surface area contributed by atoms with E-state index in [4.69, 9.17) is 0 Å². The maximum Gasteiger partial charge on any atom is 0.306 e. The van der Waals surface area contributed by atoms with Gasteiger partial charge in [0, 0.05) is 0 Å². The van der Waals surface area contributed by atoms with Crippen LogP contribution in [0, 0.1) is 23.1 Å². The number of aliphatic carboxylic acids is 1. The molecule has 1 aliphatic carbocycles. The molecule has 3 heteroatoms. The second-order valence-electron chi connectivity index (χ2n) is 6.45. The maximum absolute atomic E-state index is 13.2. The second-order valence-corrected chi connectivity index (χ2v) is 6.45. The van der Waals surface area contributed by atoms with E-state index >= 15 is 0 Å². The molecule has 1 fully saturated rings. The molecular weight excluding hydrogens is 243 g/mol. The fourth-order valence-electron chi connectivity index (χ4n) is 3.24. The third kappa shape index (κ3) is 3.55. The van der Waals surface area contributed by atoms with Gasteiger partial charge in [-0.1, -0.05) is 26.0 Å². The third-order valence-electron chi connectivity index (χ3n) is 4.22. The molecule has 0 heterocycles. The second kappa shape index (κ2) is 5.32. The van der Waals surface area contributed by atoms with Crippen molar-refractivity contribution in [3.8, 4) is 0 Å². The van der Waals surface area contributed by atoms with Crippen molar-refractivity contribution in [2.45, 2.75) is 39.5 Å². The van der Waals surface area contributed by atoms with Gasteiger partial charge in [0.05, 0.1) is 5.92 Å². The summed E-state index contributed by atoms with van der Waals surface area (Å²) in [6, 6.07) is 6.50. The van der Waals surface area contributed by atoms with E-state index in [1.54, 1.807) is 6.07 Å². The Kier molecular flexibility index (Phi) is 3.93. The van der Waals surface area contributed by atoms with Crippen LogP contribution in [-0.2, 0) is 11.2 Å². The van der Waals surface area contributed by atoms with Crippen LogP contribution in [0.1, 0.15) is 38.7 Å². The lowest BCUT2D eigenvalue weighted by Crippen LogP contribution is -2.35. The van der Waals surface area contributed by atoms with Gasteiger partial charge in [-0.15, -0.1) is 0 Å². The van der Waals surface area contributed by atoms with Crippen LogP contribution in [0.15, 0.2) is 24.3 Å². The minimum absolute atomic E-state index is 0.100. The Morgan fingerprint density at radius 1 is 1.47 bits per heavy atom. The first-order valence-electron chi connectivity index (χ1n) is 6.85. The predicted molar refractivity (Wildman–Crippen MR) is 72.4 cm³/mol. The van der Waals surface area contributed by atoms with Crippen molar-refractivity contribution in [1.29, 1.82) is 0 Å². The molecule has 1 aromatic carbocycles. The number of carbonyl (C=O) groups is 1. The van der Waals surface area contributed by atoms with Gasteiger partial charge in [-0.2, -0.15) is 0 Å². The molecule has 2 rings (SSSR count). The molecule has 1 N–H and O–H groups in total. The molecule has 2 atom stereocenters. The Labute approximate surface area is 113 Å². The lowest BCUT2D eigenvalue weighted by atomic mass is 9.65. The molecule has 0 radical (unpaired) electrons. The van der Waals surface area contributed by atoms with Crippen molar-refractivity contribution in [2.75, 3.05) is 0 Å². The summed E-state index contributed by atoms with van der Waals surface area (Å²) in [5.41, 5.74) is 1.08. The number of halogens is 1. The van der Waals surface area contributed by atoms with Crippen molar-refractivity contribution in [1.82, 2.24) is 0 Å². The fraction of sp³-hybridized carbons (Fsp3) is 0.562. The van der Waals surface area contributed by atoms with Crippen molar-refractivity contribution in [3.05, 3.63) is 35.6 Å². The predicted octanol–water partition coefficient (Wildman–Crippen LogP) is 3.90. The quantitative estimate of drug-likeness (QED) is 0.899. The first-order valence-corrected chi connectivity index (χ1v) is 6.85. The smallest absolute Gasteiger partial charge is 0.306 e. The molecule has 19 heavy (non-hydrogen) atoms. The van der Waals surface area contributed by atoms with Gasteiger partial charge in [0.15, 0.2) is 0 Å². The minimum Gasteiger partial charge on any atom is -0.481 e. The maximum atomic E-state index is 13.2. The Morgan fingerprint density at radius 3 is 2.84 bits per heavy atom. The molecule has 0 amide bonds. The summed E-state index contributed by atoms with van der Waals surface area (Å²) in [5, 5.41) is 9.34. The van der Waals surface area contributed by atoms with Crippen molar-refractivity contribution < 1.29 is 14.3 Å². The van der Waals surface area contributed by atoms with Gasteiger partial charge in [-0.3, -0.25) is 4.79 Å². The highest BCUT2D eigenvalue weighted by Gasteiger charge is 2.38. The molecule has 2 nitrogen and oxygen atoms in total. The third-order valence-corrected chi connectivity index (χ3v) is 4.22. The van der Waals surface area contributed by atoms with Crippen molar-refractivity contribution in [2.24, 2.45) is 17.3 Å². The van der Waals surface area contributed by atoms with Gasteiger partial charge >= 0.3 is 5.97 Å². The zero-order chi connectivity index (χ0) is 14.0. The normalized spacial score (nSPS) is 26.1. The first-order chi connectivity index (χ1) is 8.87. The van der Waals surface area contributed by atoms with Crippen molar-refractivity contribution in [3.63, 3.8) is 0 Å². The van der Waals surface area contributed by atoms with Crippen LogP contribution in [0.2, 0.25) is 0 Å². The molecule has 1 aromatic rings. The lowest BCUT2D eigenvalue weighted by molar-refractivity contribution is -0.146. The summed E-state index contributed by atoms with van der Waals surface area (Å²) in [4.78, 5) is 11.4. The molecular formula is C16H21FO2. The van der Waals surface area contributed by atoms with E-state index in [1.165, 1.54) is 12.1 Å². The van der Waals surface area contributed by atoms with Crippen LogP contribution in [0.3, 0.4) is 0 Å². The van der Waals surface area contributed by atoms with Crippen LogP contribution < -0.4 is 0 Å². The van der Waals surface area contributed by atoms with E-state index in [0.29, 0.717) is 6.42 Å². The highest BCUT2D eigenvalue weighted by atomic mass is 19.1. The van der Waals surface area contributed by atoms with Gasteiger partial charge < -0.3 is 5.11 Å². The molecule has 2 unspecified atom stereocenters. The van der Waals surface area contributed by atoms with Crippen LogP contribution in [0.4, 0.5) is 4.39 Å². The van der Waals surface area contributed by atoms with Crippen LogP contribution >= 0.6 is 0 Å². The van der Waals surface area contributed by atoms with Crippen LogP contribution in [0.5, 0.6) is 0 Å². The molecule has 1 aliphatic rings. The van der Waals surface area contributed by atoms with E-state index in [9.17, 15) is 14.3 Å². The van der Waals surface area contributed by atoms with E-state index in [2.05, 4.69) is 13.8 Å². The van der Waals surface area contributed by atoms with Gasteiger partial charge in [0.1, 0.15) is 5.82 Å². The number of hydrogen-bond acceptors (Lipinski definition) is 1. The van der Waals surface area contributed by atoms with Crippen LogP contribution in [0.25, 0.3) is 0 Å². The Morgan fingerprint density at radius 2 is 2.21 bits per heavy atom. The average molecular weight is 264 g/mol. The van der Waals surface area contributed by atoms with E-state index < -0.39 is 5.97 Å². The molecule has 1 saturated carbocycles. The summed E-state index contributed by atoms with van der Waals surface area (Å²) >= 11 is 0. The van der Waals surface area contributed by atoms with Crippen LogP contribution in [-0.4, -0.2) is 11.1 Å². The molecule has 0 aromatic heterocycles. The number of hydrogen-bond donors (Lipinski definition) is 1. The van der Waals surface area contributed by atoms with E-state index in [1.807, 2.05) is 6.07 Å². The Bertz CT molecular complexity index is 468. The number of benzene rings is 1. The standard InChI is InChI=1S/C16H21FO2/c1-16(2)7-6-14(15(18)19)12(10-16)8-11-4-3-5-13(17)9-11/h3-5,9,12,14H,6-8,10H2,1-2H3,(H,18,19). The monoisotopic (exact) mass is 264 g/mol. The zero-order valence-corrected chi connectivity index (χ0v) is 11.5. The summed E-state index contributed by atoms with van der Waals surface area (Å²) in [5.74, 6) is -1.16. The lowest BCUT2D eigenvalue weighted by Gasteiger charge is -2.39. The number of rotatable bonds is 3. The van der Waals surface area contributed by atoms with Gasteiger partial charge in [-0.05, 0) is 54.7 Å². The summed E-state index contributed by atoms with van der Waals surface area (Å²) in [6.45, 7) is 4.37. The minimum atomic E-state index is -0.711. The molecule has 0 saturated heterocycles. The first kappa shape index (κ1) is 14.0. The Hall–Kier alpha value is -1.38. The molecule has 0 spiro atoms. The summed E-state index contributed by atoms with van der Waals surface area (Å²) in [6.07, 6.45) is 3.21. The average Bonchev–Trinajstić information content (AvgIpc) is 2.27. The zero-order valence-electron chi connectivity index (χ0n) is 11.5. The van der Waals surface area contributed by atoms with Gasteiger partial charge in [0.25, 0.3) is 0 Å². The van der Waals surface area contributed by atoms with E-state index in [0.717, 1.165) is 24.8 Å².